The summed E-state index contributed by atoms with van der Waals surface area (Å²) >= 11 is 3.16. The molecule has 15 heavy (non-hydrogen) atoms. The fourth-order valence-corrected chi connectivity index (χ4v) is 1.44. The number of Topliss-reactive ketones (excluding diaryl/α,β-unsaturated/α-hetero) is 1. The monoisotopic (exact) mass is 272 g/mol. The third-order valence-corrected chi connectivity index (χ3v) is 2.17. The van der Waals surface area contributed by atoms with Crippen molar-refractivity contribution in [1.29, 1.82) is 0 Å². The molecule has 80 valence electrons. The number of hydrogen-bond acceptors (Lipinski definition) is 3. The second-order valence-electron chi connectivity index (χ2n) is 2.71. The van der Waals surface area contributed by atoms with Gasteiger partial charge < -0.3 is 9.84 Å². The summed E-state index contributed by atoms with van der Waals surface area (Å²) in [4.78, 5) is 21.8. The molecule has 0 saturated heterocycles. The summed E-state index contributed by atoms with van der Waals surface area (Å²) in [6.45, 7) is 2.14. The molecule has 1 aromatic carbocycles. The number of carboxylic acids is 1. The molecule has 0 aliphatic carbocycles. The zero-order valence-corrected chi connectivity index (χ0v) is 9.58. The molecule has 4 nitrogen and oxygen atoms in total. The minimum atomic E-state index is -1.49. The van der Waals surface area contributed by atoms with Crippen LogP contribution in [-0.4, -0.2) is 23.5 Å². The maximum absolute atomic E-state index is 11.3. The first-order chi connectivity index (χ1) is 7.06. The van der Waals surface area contributed by atoms with Crippen LogP contribution in [0.4, 0.5) is 0 Å². The second-order valence-corrected chi connectivity index (χ2v) is 3.62. The van der Waals surface area contributed by atoms with Crippen molar-refractivity contribution in [3.8, 4) is 5.75 Å². The standard InChI is InChI=1S/C10H9BrO4/c1-2-15-8-4-3-6(11)5-7(8)9(12)10(13)14/h3-5H,2H2,1H3,(H,13,14). The summed E-state index contributed by atoms with van der Waals surface area (Å²) in [5.74, 6) is -2.18. The maximum atomic E-state index is 11.3. The van der Waals surface area contributed by atoms with Crippen LogP contribution in [0.5, 0.6) is 5.75 Å². The van der Waals surface area contributed by atoms with E-state index in [0.29, 0.717) is 11.1 Å². The molecule has 5 heteroatoms. The molecule has 0 bridgehead atoms. The van der Waals surface area contributed by atoms with Gasteiger partial charge in [-0.25, -0.2) is 4.79 Å². The van der Waals surface area contributed by atoms with Crippen LogP contribution in [0.2, 0.25) is 0 Å². The number of ketones is 1. The Bertz CT molecular complexity index is 400. The Morgan fingerprint density at radius 3 is 2.67 bits per heavy atom. The van der Waals surface area contributed by atoms with E-state index < -0.39 is 11.8 Å². The lowest BCUT2D eigenvalue weighted by atomic mass is 10.1. The second kappa shape index (κ2) is 4.93. The van der Waals surface area contributed by atoms with Gasteiger partial charge in [-0.15, -0.1) is 0 Å². The van der Waals surface area contributed by atoms with E-state index in [4.69, 9.17) is 9.84 Å². The molecule has 0 amide bonds. The summed E-state index contributed by atoms with van der Waals surface area (Å²) in [6.07, 6.45) is 0. The molecule has 0 aromatic heterocycles. The molecule has 0 aliphatic heterocycles. The van der Waals surface area contributed by atoms with Gasteiger partial charge in [-0.2, -0.15) is 0 Å². The Morgan fingerprint density at radius 2 is 2.13 bits per heavy atom. The van der Waals surface area contributed by atoms with Crippen LogP contribution in [0.1, 0.15) is 17.3 Å². The van der Waals surface area contributed by atoms with Gasteiger partial charge in [0.15, 0.2) is 0 Å². The Labute approximate surface area is 95.0 Å². The van der Waals surface area contributed by atoms with Crippen molar-refractivity contribution >= 4 is 27.7 Å². The van der Waals surface area contributed by atoms with Gasteiger partial charge in [0.2, 0.25) is 0 Å². The highest BCUT2D eigenvalue weighted by Gasteiger charge is 2.19. The summed E-state index contributed by atoms with van der Waals surface area (Å²) in [5, 5.41) is 8.60. The summed E-state index contributed by atoms with van der Waals surface area (Å²) in [5.41, 5.74) is 0.0544. The lowest BCUT2D eigenvalue weighted by Crippen LogP contribution is -2.14. The molecule has 0 unspecified atom stereocenters. The lowest BCUT2D eigenvalue weighted by molar-refractivity contribution is -0.131. The Hall–Kier alpha value is -1.36. The average molecular weight is 273 g/mol. The van der Waals surface area contributed by atoms with E-state index in [0.717, 1.165) is 0 Å². The van der Waals surface area contributed by atoms with Gasteiger partial charge in [0.25, 0.3) is 5.78 Å². The van der Waals surface area contributed by atoms with Crippen LogP contribution < -0.4 is 4.74 Å². The summed E-state index contributed by atoms with van der Waals surface area (Å²) < 4.78 is 5.79. The van der Waals surface area contributed by atoms with Gasteiger partial charge in [-0.3, -0.25) is 4.79 Å². The zero-order valence-electron chi connectivity index (χ0n) is 7.99. The molecule has 1 N–H and O–H groups in total. The van der Waals surface area contributed by atoms with Crippen molar-refractivity contribution in [2.24, 2.45) is 0 Å². The third kappa shape index (κ3) is 2.79. The van der Waals surface area contributed by atoms with E-state index in [1.54, 1.807) is 19.1 Å². The van der Waals surface area contributed by atoms with Crippen LogP contribution in [0.15, 0.2) is 22.7 Å². The van der Waals surface area contributed by atoms with Gasteiger partial charge in [-0.05, 0) is 25.1 Å². The number of hydrogen-bond donors (Lipinski definition) is 1. The molecular weight excluding hydrogens is 264 g/mol. The molecule has 0 fully saturated rings. The predicted octanol–water partition coefficient (Wildman–Crippen LogP) is 2.12. The SMILES string of the molecule is CCOc1ccc(Br)cc1C(=O)C(=O)O. The van der Waals surface area contributed by atoms with Crippen LogP contribution >= 0.6 is 15.9 Å². The molecule has 0 saturated carbocycles. The summed E-state index contributed by atoms with van der Waals surface area (Å²) in [7, 11) is 0. The van der Waals surface area contributed by atoms with Gasteiger partial charge in [0, 0.05) is 4.47 Å². The fraction of sp³-hybridized carbons (Fsp3) is 0.200. The number of benzene rings is 1. The Kier molecular flexibility index (Phi) is 3.85. The van der Waals surface area contributed by atoms with Gasteiger partial charge >= 0.3 is 5.97 Å². The molecule has 0 heterocycles. The largest absolute Gasteiger partial charge is 0.493 e. The molecule has 1 rings (SSSR count). The number of aliphatic carboxylic acids is 1. The first kappa shape index (κ1) is 11.7. The van der Waals surface area contributed by atoms with Gasteiger partial charge in [0.1, 0.15) is 5.75 Å². The molecule has 1 aromatic rings. The number of ether oxygens (including phenoxy) is 1. The Balaban J connectivity index is 3.17. The smallest absolute Gasteiger partial charge is 0.377 e. The van der Waals surface area contributed by atoms with Crippen molar-refractivity contribution < 1.29 is 19.4 Å². The lowest BCUT2D eigenvalue weighted by Gasteiger charge is -2.07. The van der Waals surface area contributed by atoms with E-state index in [2.05, 4.69) is 15.9 Å². The number of halogens is 1. The average Bonchev–Trinajstić information content (AvgIpc) is 2.20. The van der Waals surface area contributed by atoms with Crippen LogP contribution in [0, 0.1) is 0 Å². The van der Waals surface area contributed by atoms with Crippen molar-refractivity contribution in [1.82, 2.24) is 0 Å². The molecule has 0 spiro atoms. The highest BCUT2D eigenvalue weighted by Crippen LogP contribution is 2.23. The third-order valence-electron chi connectivity index (χ3n) is 1.68. The highest BCUT2D eigenvalue weighted by molar-refractivity contribution is 9.10. The van der Waals surface area contributed by atoms with Crippen molar-refractivity contribution in [2.75, 3.05) is 6.61 Å². The van der Waals surface area contributed by atoms with Crippen LogP contribution in [0.25, 0.3) is 0 Å². The number of carboxylic acid groups (broad SMARTS) is 1. The zero-order chi connectivity index (χ0) is 11.4. The predicted molar refractivity (Wildman–Crippen MR) is 57.3 cm³/mol. The van der Waals surface area contributed by atoms with Gasteiger partial charge in [0.05, 0.1) is 12.2 Å². The summed E-state index contributed by atoms with van der Waals surface area (Å²) in [6, 6.07) is 4.68. The van der Waals surface area contributed by atoms with Crippen molar-refractivity contribution in [2.45, 2.75) is 6.92 Å². The number of rotatable bonds is 4. The Morgan fingerprint density at radius 1 is 1.47 bits per heavy atom. The maximum Gasteiger partial charge on any atom is 0.377 e. The number of carbonyl (C=O) groups is 2. The van der Waals surface area contributed by atoms with Crippen LogP contribution in [0.3, 0.4) is 0 Å². The van der Waals surface area contributed by atoms with E-state index in [1.165, 1.54) is 6.07 Å². The minimum Gasteiger partial charge on any atom is -0.493 e. The highest BCUT2D eigenvalue weighted by atomic mass is 79.9. The molecule has 0 aliphatic rings. The van der Waals surface area contributed by atoms with E-state index in [1.807, 2.05) is 0 Å². The first-order valence-electron chi connectivity index (χ1n) is 4.26. The fourth-order valence-electron chi connectivity index (χ4n) is 1.08. The van der Waals surface area contributed by atoms with E-state index in [9.17, 15) is 9.59 Å². The van der Waals surface area contributed by atoms with Crippen LogP contribution in [-0.2, 0) is 4.79 Å². The van der Waals surface area contributed by atoms with Crippen molar-refractivity contribution in [3.63, 3.8) is 0 Å². The van der Waals surface area contributed by atoms with E-state index in [-0.39, 0.29) is 11.3 Å². The van der Waals surface area contributed by atoms with Gasteiger partial charge in [-0.1, -0.05) is 15.9 Å². The molecule has 0 radical (unpaired) electrons. The number of carbonyl (C=O) groups excluding carboxylic acids is 1. The van der Waals surface area contributed by atoms with Crippen molar-refractivity contribution in [3.05, 3.63) is 28.2 Å². The quantitative estimate of drug-likeness (QED) is 0.674. The molecule has 0 atom stereocenters. The topological polar surface area (TPSA) is 63.6 Å². The van der Waals surface area contributed by atoms with E-state index >= 15 is 0 Å². The molecular formula is C10H9BrO4. The minimum absolute atomic E-state index is 0.0544. The normalized spacial score (nSPS) is 9.73. The first-order valence-corrected chi connectivity index (χ1v) is 5.05.